The van der Waals surface area contributed by atoms with E-state index >= 15 is 0 Å². The number of nitrogens with zero attached hydrogens (tertiary/aromatic N) is 1. The topological polar surface area (TPSA) is 63.2 Å². The molecule has 3 rings (SSSR count). The lowest BCUT2D eigenvalue weighted by molar-refractivity contribution is 0.0860. The number of hydrogen-bond acceptors (Lipinski definition) is 5. The third-order valence-electron chi connectivity index (χ3n) is 3.61. The van der Waals surface area contributed by atoms with Crippen LogP contribution in [0.25, 0.3) is 0 Å². The number of rotatable bonds is 5. The molecule has 122 valence electrons. The summed E-state index contributed by atoms with van der Waals surface area (Å²) in [7, 11) is 0. The average molecular weight is 335 g/mol. The molecule has 0 spiro atoms. The van der Waals surface area contributed by atoms with Crippen LogP contribution in [0.2, 0.25) is 0 Å². The molecule has 1 aliphatic rings. The summed E-state index contributed by atoms with van der Waals surface area (Å²) in [6.07, 6.45) is 2.15. The minimum Gasteiger partial charge on any atom is -0.376 e. The Hall–Kier alpha value is -1.99. The van der Waals surface area contributed by atoms with E-state index in [0.29, 0.717) is 22.2 Å². The van der Waals surface area contributed by atoms with Gasteiger partial charge in [0.1, 0.15) is 10.7 Å². The van der Waals surface area contributed by atoms with E-state index in [0.717, 1.165) is 25.1 Å². The summed E-state index contributed by atoms with van der Waals surface area (Å²) in [5.41, 5.74) is 1.40. The second-order valence-electron chi connectivity index (χ2n) is 5.41. The molecule has 1 unspecified atom stereocenters. The van der Waals surface area contributed by atoms with Crippen molar-refractivity contribution in [1.29, 1.82) is 0 Å². The van der Waals surface area contributed by atoms with Gasteiger partial charge < -0.3 is 15.4 Å². The number of carbonyl (C=O) groups excluding carboxylic acids is 1. The van der Waals surface area contributed by atoms with E-state index in [-0.39, 0.29) is 17.8 Å². The molecule has 2 aromatic rings. The van der Waals surface area contributed by atoms with Gasteiger partial charge in [-0.15, -0.1) is 0 Å². The van der Waals surface area contributed by atoms with Crippen LogP contribution >= 0.6 is 11.3 Å². The quantitative estimate of drug-likeness (QED) is 0.880. The summed E-state index contributed by atoms with van der Waals surface area (Å²) in [6.45, 7) is 3.09. The highest BCUT2D eigenvalue weighted by molar-refractivity contribution is 7.17. The number of benzene rings is 1. The maximum Gasteiger partial charge on any atom is 0.263 e. The molecule has 1 saturated heterocycles. The van der Waals surface area contributed by atoms with E-state index in [9.17, 15) is 9.18 Å². The predicted octanol–water partition coefficient (Wildman–Crippen LogP) is 3.24. The van der Waals surface area contributed by atoms with E-state index in [1.54, 1.807) is 19.1 Å². The van der Waals surface area contributed by atoms with Crippen molar-refractivity contribution < 1.29 is 13.9 Å². The monoisotopic (exact) mass is 335 g/mol. The van der Waals surface area contributed by atoms with Gasteiger partial charge in [0.2, 0.25) is 0 Å². The van der Waals surface area contributed by atoms with E-state index in [4.69, 9.17) is 4.74 Å². The highest BCUT2D eigenvalue weighted by Gasteiger charge is 2.19. The first kappa shape index (κ1) is 15.9. The summed E-state index contributed by atoms with van der Waals surface area (Å²) in [4.78, 5) is 17.2. The van der Waals surface area contributed by atoms with Gasteiger partial charge in [-0.25, -0.2) is 9.37 Å². The molecule has 5 nitrogen and oxygen atoms in total. The number of aryl methyl sites for hydroxylation is 1. The fourth-order valence-electron chi connectivity index (χ4n) is 2.41. The Bertz CT molecular complexity index is 681. The molecule has 1 atom stereocenters. The van der Waals surface area contributed by atoms with Gasteiger partial charge in [-0.05, 0) is 44.0 Å². The van der Waals surface area contributed by atoms with Crippen molar-refractivity contribution >= 4 is 28.1 Å². The van der Waals surface area contributed by atoms with Crippen LogP contribution in [0.4, 0.5) is 15.2 Å². The van der Waals surface area contributed by atoms with Crippen molar-refractivity contribution in [2.45, 2.75) is 25.9 Å². The Morgan fingerprint density at radius 1 is 1.43 bits per heavy atom. The predicted molar refractivity (Wildman–Crippen MR) is 87.8 cm³/mol. The Morgan fingerprint density at radius 2 is 2.22 bits per heavy atom. The van der Waals surface area contributed by atoms with Gasteiger partial charge >= 0.3 is 0 Å². The molecule has 1 aromatic heterocycles. The first-order chi connectivity index (χ1) is 11.1. The van der Waals surface area contributed by atoms with E-state index in [1.807, 2.05) is 0 Å². The smallest absolute Gasteiger partial charge is 0.263 e. The minimum absolute atomic E-state index is 0.115. The van der Waals surface area contributed by atoms with Crippen LogP contribution in [-0.2, 0) is 4.74 Å². The van der Waals surface area contributed by atoms with Gasteiger partial charge in [0, 0.05) is 18.8 Å². The third kappa shape index (κ3) is 4.05. The van der Waals surface area contributed by atoms with Crippen molar-refractivity contribution in [3.8, 4) is 0 Å². The van der Waals surface area contributed by atoms with Crippen molar-refractivity contribution in [2.75, 3.05) is 18.5 Å². The highest BCUT2D eigenvalue weighted by Crippen LogP contribution is 2.26. The van der Waals surface area contributed by atoms with Gasteiger partial charge in [-0.3, -0.25) is 4.79 Å². The van der Waals surface area contributed by atoms with E-state index < -0.39 is 0 Å². The summed E-state index contributed by atoms with van der Waals surface area (Å²) in [5, 5.41) is 6.58. The number of halogens is 1. The molecule has 0 aliphatic carbocycles. The Morgan fingerprint density at radius 3 is 2.91 bits per heavy atom. The first-order valence-corrected chi connectivity index (χ1v) is 8.33. The van der Waals surface area contributed by atoms with E-state index in [1.165, 1.54) is 23.5 Å². The number of amides is 1. The molecule has 1 aromatic carbocycles. The molecular weight excluding hydrogens is 317 g/mol. The van der Waals surface area contributed by atoms with Gasteiger partial charge in [0.15, 0.2) is 5.13 Å². The van der Waals surface area contributed by atoms with Crippen LogP contribution < -0.4 is 10.6 Å². The maximum absolute atomic E-state index is 12.9. The van der Waals surface area contributed by atoms with Crippen LogP contribution in [-0.4, -0.2) is 30.1 Å². The summed E-state index contributed by atoms with van der Waals surface area (Å²) in [5.74, 6) is -0.428. The Labute approximate surface area is 137 Å². The van der Waals surface area contributed by atoms with Crippen molar-refractivity contribution in [3.05, 3.63) is 40.7 Å². The lowest BCUT2D eigenvalue weighted by Gasteiger charge is -2.09. The van der Waals surface area contributed by atoms with E-state index in [2.05, 4.69) is 15.6 Å². The molecule has 7 heteroatoms. The number of ether oxygens (including phenoxy) is 1. The number of aromatic nitrogens is 1. The molecule has 1 aliphatic heterocycles. The lowest BCUT2D eigenvalue weighted by Crippen LogP contribution is -2.31. The number of carbonyl (C=O) groups is 1. The lowest BCUT2D eigenvalue weighted by atomic mass is 10.2. The number of thiazole rings is 1. The molecule has 0 radical (unpaired) electrons. The van der Waals surface area contributed by atoms with Crippen LogP contribution in [0, 0.1) is 12.7 Å². The molecule has 1 fully saturated rings. The fourth-order valence-corrected chi connectivity index (χ4v) is 3.31. The SMILES string of the molecule is Cc1nc(Nc2ccc(F)cc2)sc1C(=O)NCC1CCCO1. The normalized spacial score (nSPS) is 17.2. The van der Waals surface area contributed by atoms with Crippen molar-refractivity contribution in [1.82, 2.24) is 10.3 Å². The highest BCUT2D eigenvalue weighted by atomic mass is 32.1. The third-order valence-corrected chi connectivity index (χ3v) is 4.68. The molecule has 2 heterocycles. The zero-order valence-electron chi connectivity index (χ0n) is 12.8. The van der Waals surface area contributed by atoms with Crippen molar-refractivity contribution in [3.63, 3.8) is 0 Å². The summed E-state index contributed by atoms with van der Waals surface area (Å²) < 4.78 is 18.4. The molecule has 23 heavy (non-hydrogen) atoms. The summed E-state index contributed by atoms with van der Waals surface area (Å²) in [6, 6.07) is 6.00. The number of anilines is 2. The van der Waals surface area contributed by atoms with Gasteiger partial charge in [-0.2, -0.15) is 0 Å². The zero-order valence-corrected chi connectivity index (χ0v) is 13.6. The number of nitrogens with one attached hydrogen (secondary N) is 2. The standard InChI is InChI=1S/C16H18FN3O2S/c1-10-14(15(21)18-9-13-3-2-8-22-13)23-16(19-10)20-12-6-4-11(17)5-7-12/h4-7,13H,2-3,8-9H2,1H3,(H,18,21)(H,19,20). The molecule has 0 saturated carbocycles. The molecule has 1 amide bonds. The van der Waals surface area contributed by atoms with Crippen LogP contribution in [0.15, 0.2) is 24.3 Å². The molecular formula is C16H18FN3O2S. The largest absolute Gasteiger partial charge is 0.376 e. The van der Waals surface area contributed by atoms with Crippen molar-refractivity contribution in [2.24, 2.45) is 0 Å². The molecule has 0 bridgehead atoms. The zero-order chi connectivity index (χ0) is 16.2. The second kappa shape index (κ2) is 7.06. The Kier molecular flexibility index (Phi) is 4.88. The van der Waals surface area contributed by atoms with Gasteiger partial charge in [0.05, 0.1) is 11.8 Å². The average Bonchev–Trinajstić information content (AvgIpc) is 3.17. The van der Waals surface area contributed by atoms with Crippen LogP contribution in [0.1, 0.15) is 28.2 Å². The fraction of sp³-hybridized carbons (Fsp3) is 0.375. The minimum atomic E-state index is -0.292. The summed E-state index contributed by atoms with van der Waals surface area (Å²) >= 11 is 1.28. The van der Waals surface area contributed by atoms with Crippen LogP contribution in [0.3, 0.4) is 0 Å². The number of hydrogen-bond donors (Lipinski definition) is 2. The van der Waals surface area contributed by atoms with Crippen LogP contribution in [0.5, 0.6) is 0 Å². The molecule has 2 N–H and O–H groups in total. The maximum atomic E-state index is 12.9. The first-order valence-electron chi connectivity index (χ1n) is 7.51. The van der Waals surface area contributed by atoms with Gasteiger partial charge in [0.25, 0.3) is 5.91 Å². The van der Waals surface area contributed by atoms with Gasteiger partial charge in [-0.1, -0.05) is 11.3 Å². The Balaban J connectivity index is 1.62. The second-order valence-corrected chi connectivity index (χ2v) is 6.41.